The number of carbonyl (C=O) groups is 2. The van der Waals surface area contributed by atoms with Crippen LogP contribution in [0.4, 0.5) is 0 Å². The molecule has 0 fully saturated rings. The quantitative estimate of drug-likeness (QED) is 0.471. The van der Waals surface area contributed by atoms with E-state index in [1.165, 1.54) is 0 Å². The first-order valence-corrected chi connectivity index (χ1v) is 4.15. The van der Waals surface area contributed by atoms with E-state index in [2.05, 4.69) is 5.32 Å². The van der Waals surface area contributed by atoms with Gasteiger partial charge in [-0.05, 0) is 5.57 Å². The number of allylic oxidation sites excluding steroid dienone is 4. The van der Waals surface area contributed by atoms with Crippen LogP contribution >= 0.6 is 0 Å². The van der Waals surface area contributed by atoms with Gasteiger partial charge in [-0.2, -0.15) is 0 Å². The van der Waals surface area contributed by atoms with Gasteiger partial charge in [0.2, 0.25) is 5.91 Å². The average molecular weight is 175 g/mol. The maximum absolute atomic E-state index is 11.2. The number of aldehydes is 1. The minimum Gasteiger partial charge on any atom is -0.328 e. The van der Waals surface area contributed by atoms with Gasteiger partial charge in [0, 0.05) is 12.1 Å². The molecule has 1 heterocycles. The van der Waals surface area contributed by atoms with Gasteiger partial charge < -0.3 is 10.1 Å². The minimum absolute atomic E-state index is 0.208. The Kier molecular flexibility index (Phi) is 1.85. The third-order valence-corrected chi connectivity index (χ3v) is 2.22. The summed E-state index contributed by atoms with van der Waals surface area (Å²) in [6.45, 7) is 0. The Bertz CT molecular complexity index is 350. The third kappa shape index (κ3) is 1.22. The van der Waals surface area contributed by atoms with Crippen LogP contribution in [-0.4, -0.2) is 12.2 Å². The van der Waals surface area contributed by atoms with E-state index in [1.807, 2.05) is 24.3 Å². The fourth-order valence-corrected chi connectivity index (χ4v) is 1.56. The van der Waals surface area contributed by atoms with Crippen LogP contribution in [0.1, 0.15) is 6.42 Å². The molecule has 0 radical (unpaired) electrons. The van der Waals surface area contributed by atoms with Gasteiger partial charge in [0.05, 0.1) is 0 Å². The van der Waals surface area contributed by atoms with Crippen molar-refractivity contribution in [2.24, 2.45) is 5.92 Å². The molecule has 0 aromatic heterocycles. The molecule has 3 heteroatoms. The van der Waals surface area contributed by atoms with Crippen LogP contribution in [0.25, 0.3) is 0 Å². The van der Waals surface area contributed by atoms with Crippen LogP contribution in [0.5, 0.6) is 0 Å². The van der Waals surface area contributed by atoms with Gasteiger partial charge in [0.1, 0.15) is 12.2 Å². The van der Waals surface area contributed by atoms with Crippen LogP contribution in [0.3, 0.4) is 0 Å². The predicted octanol–water partition coefficient (Wildman–Crippen LogP) is 0.702. The van der Waals surface area contributed by atoms with Gasteiger partial charge in [-0.25, -0.2) is 0 Å². The monoisotopic (exact) mass is 175 g/mol. The highest BCUT2D eigenvalue weighted by Crippen LogP contribution is 2.25. The van der Waals surface area contributed by atoms with E-state index in [4.69, 9.17) is 0 Å². The Balaban J connectivity index is 2.39. The molecular formula is C10H9NO2. The largest absolute Gasteiger partial charge is 0.328 e. The van der Waals surface area contributed by atoms with E-state index in [-0.39, 0.29) is 5.91 Å². The lowest BCUT2D eigenvalue weighted by molar-refractivity contribution is -0.125. The molecule has 0 saturated heterocycles. The molecule has 0 bridgehead atoms. The second-order valence-corrected chi connectivity index (χ2v) is 3.03. The summed E-state index contributed by atoms with van der Waals surface area (Å²) in [5, 5.41) is 2.70. The van der Waals surface area contributed by atoms with Crippen LogP contribution in [-0.2, 0) is 9.59 Å². The topological polar surface area (TPSA) is 46.2 Å². The van der Waals surface area contributed by atoms with Gasteiger partial charge in [-0.3, -0.25) is 4.79 Å². The summed E-state index contributed by atoms with van der Waals surface area (Å²) < 4.78 is 0. The molecule has 1 amide bonds. The number of hydrogen-bond donors (Lipinski definition) is 1. The summed E-state index contributed by atoms with van der Waals surface area (Å²) in [4.78, 5) is 21.9. The fourth-order valence-electron chi connectivity index (χ4n) is 1.56. The molecule has 13 heavy (non-hydrogen) atoms. The molecule has 2 aliphatic rings. The summed E-state index contributed by atoms with van der Waals surface area (Å²) in [5.74, 6) is -0.814. The van der Waals surface area contributed by atoms with Crippen molar-refractivity contribution in [2.75, 3.05) is 0 Å². The normalized spacial score (nSPS) is 25.5. The van der Waals surface area contributed by atoms with E-state index in [0.717, 1.165) is 11.3 Å². The summed E-state index contributed by atoms with van der Waals surface area (Å²) >= 11 is 0. The predicted molar refractivity (Wildman–Crippen MR) is 47.6 cm³/mol. The van der Waals surface area contributed by atoms with Gasteiger partial charge in [-0.15, -0.1) is 0 Å². The summed E-state index contributed by atoms with van der Waals surface area (Å²) in [5.41, 5.74) is 1.66. The third-order valence-electron chi connectivity index (χ3n) is 2.22. The van der Waals surface area contributed by atoms with Crippen LogP contribution in [0, 0.1) is 5.92 Å². The molecule has 1 N–H and O–H groups in total. The molecule has 0 spiro atoms. The summed E-state index contributed by atoms with van der Waals surface area (Å²) in [7, 11) is 0. The molecule has 3 nitrogen and oxygen atoms in total. The second-order valence-electron chi connectivity index (χ2n) is 3.03. The lowest BCUT2D eigenvalue weighted by Crippen LogP contribution is -2.22. The number of hydrogen-bond acceptors (Lipinski definition) is 2. The SMILES string of the molecule is O=CC1C(=O)NC2=C1C=CC=CC2. The Labute approximate surface area is 75.8 Å². The van der Waals surface area contributed by atoms with Crippen LogP contribution in [0.15, 0.2) is 35.6 Å². The Morgan fingerprint density at radius 1 is 1.46 bits per heavy atom. The average Bonchev–Trinajstić information content (AvgIpc) is 2.32. The van der Waals surface area contributed by atoms with Crippen molar-refractivity contribution in [2.45, 2.75) is 6.42 Å². The number of carbonyl (C=O) groups excluding carboxylic acids is 2. The molecule has 1 unspecified atom stereocenters. The van der Waals surface area contributed by atoms with Crippen LogP contribution in [0.2, 0.25) is 0 Å². The van der Waals surface area contributed by atoms with Gasteiger partial charge >= 0.3 is 0 Å². The second kappa shape index (κ2) is 3.01. The Morgan fingerprint density at radius 2 is 2.31 bits per heavy atom. The van der Waals surface area contributed by atoms with Crippen molar-refractivity contribution in [3.63, 3.8) is 0 Å². The number of nitrogens with one attached hydrogen (secondary N) is 1. The van der Waals surface area contributed by atoms with E-state index in [9.17, 15) is 9.59 Å². The minimum atomic E-state index is -0.605. The van der Waals surface area contributed by atoms with E-state index < -0.39 is 5.92 Å². The number of rotatable bonds is 1. The highest BCUT2D eigenvalue weighted by atomic mass is 16.2. The molecule has 1 aliphatic carbocycles. The Hall–Kier alpha value is -1.64. The highest BCUT2D eigenvalue weighted by molar-refractivity contribution is 5.99. The maximum Gasteiger partial charge on any atom is 0.238 e. The molecule has 0 saturated carbocycles. The van der Waals surface area contributed by atoms with Crippen molar-refractivity contribution >= 4 is 12.2 Å². The maximum atomic E-state index is 11.2. The zero-order chi connectivity index (χ0) is 9.26. The molecule has 0 aromatic carbocycles. The Morgan fingerprint density at radius 3 is 3.08 bits per heavy atom. The molecule has 2 rings (SSSR count). The van der Waals surface area contributed by atoms with Gasteiger partial charge in [-0.1, -0.05) is 24.3 Å². The first-order valence-electron chi connectivity index (χ1n) is 4.15. The zero-order valence-corrected chi connectivity index (χ0v) is 6.99. The fraction of sp³-hybridized carbons (Fsp3) is 0.200. The van der Waals surface area contributed by atoms with Crippen molar-refractivity contribution in [1.82, 2.24) is 5.32 Å². The smallest absolute Gasteiger partial charge is 0.238 e. The van der Waals surface area contributed by atoms with Crippen molar-refractivity contribution in [3.05, 3.63) is 35.6 Å². The molecule has 66 valence electrons. The van der Waals surface area contributed by atoms with Crippen LogP contribution < -0.4 is 5.32 Å². The molecule has 1 aliphatic heterocycles. The number of amides is 1. The van der Waals surface area contributed by atoms with Gasteiger partial charge in [0.15, 0.2) is 0 Å². The summed E-state index contributed by atoms with van der Waals surface area (Å²) in [6, 6.07) is 0. The van der Waals surface area contributed by atoms with E-state index in [1.54, 1.807) is 0 Å². The molecular weight excluding hydrogens is 166 g/mol. The summed E-state index contributed by atoms with van der Waals surface area (Å²) in [6.07, 6.45) is 8.90. The van der Waals surface area contributed by atoms with E-state index >= 15 is 0 Å². The molecule has 0 aromatic rings. The van der Waals surface area contributed by atoms with E-state index in [0.29, 0.717) is 12.7 Å². The van der Waals surface area contributed by atoms with Gasteiger partial charge in [0.25, 0.3) is 0 Å². The van der Waals surface area contributed by atoms with Crippen molar-refractivity contribution in [3.8, 4) is 0 Å². The van der Waals surface area contributed by atoms with Crippen molar-refractivity contribution < 1.29 is 9.59 Å². The lowest BCUT2D eigenvalue weighted by atomic mass is 10.0. The zero-order valence-electron chi connectivity index (χ0n) is 6.99. The van der Waals surface area contributed by atoms with Crippen molar-refractivity contribution in [1.29, 1.82) is 0 Å². The standard InChI is InChI=1S/C10H9NO2/c12-6-8-7-4-2-1-3-5-9(7)11-10(8)13/h1-4,6,8H,5H2,(H,11,13). The first kappa shape index (κ1) is 7.98. The molecule has 1 atom stereocenters. The highest BCUT2D eigenvalue weighted by Gasteiger charge is 2.30. The first-order chi connectivity index (χ1) is 6.33. The lowest BCUT2D eigenvalue weighted by Gasteiger charge is -1.98.